The van der Waals surface area contributed by atoms with E-state index in [9.17, 15) is 9.90 Å². The van der Waals surface area contributed by atoms with Crippen molar-refractivity contribution in [3.05, 3.63) is 29.8 Å². The van der Waals surface area contributed by atoms with Gasteiger partial charge in [0.25, 0.3) is 5.91 Å². The summed E-state index contributed by atoms with van der Waals surface area (Å²) < 4.78 is 0. The first kappa shape index (κ1) is 16.7. The van der Waals surface area contributed by atoms with E-state index in [-0.39, 0.29) is 5.91 Å². The molecule has 1 aromatic carbocycles. The van der Waals surface area contributed by atoms with Crippen LogP contribution in [0.3, 0.4) is 0 Å². The van der Waals surface area contributed by atoms with Gasteiger partial charge >= 0.3 is 0 Å². The van der Waals surface area contributed by atoms with E-state index >= 15 is 0 Å². The first-order valence-corrected chi connectivity index (χ1v) is 7.34. The van der Waals surface area contributed by atoms with E-state index in [1.807, 2.05) is 18.2 Å². The Morgan fingerprint density at radius 1 is 1.61 bits per heavy atom. The molecule has 0 spiro atoms. The van der Waals surface area contributed by atoms with Crippen LogP contribution in [0.1, 0.15) is 18.4 Å². The number of hydrogen-bond acceptors (Lipinski definition) is 5. The molecule has 0 aliphatic carbocycles. The van der Waals surface area contributed by atoms with Crippen LogP contribution in [0.5, 0.6) is 0 Å². The number of likely N-dealkylation sites (N-methyl/N-ethyl adjacent to an activating group) is 1. The van der Waals surface area contributed by atoms with E-state index in [0.29, 0.717) is 31.5 Å². The van der Waals surface area contributed by atoms with Crippen molar-refractivity contribution < 1.29 is 9.90 Å². The first-order valence-electron chi connectivity index (χ1n) is 7.34. The van der Waals surface area contributed by atoms with Crippen LogP contribution in [0.25, 0.3) is 0 Å². The van der Waals surface area contributed by atoms with Gasteiger partial charge in [0, 0.05) is 45.3 Å². The summed E-state index contributed by atoms with van der Waals surface area (Å²) in [4.78, 5) is 13.4. The number of carbonyl (C=O) groups is 1. The minimum Gasteiger partial charge on any atom is -0.369 e. The molecule has 1 amide bonds. The highest BCUT2D eigenvalue weighted by Gasteiger charge is 2.42. The standard InChI is InChI=1S/C17H20N4O2/c1-19-21(11-4-10-18)15-6-3-5-14(13-15)7-8-17(23)9-12-20(2)16(17)22/h3,5-6,10,13,18,23H,1,4,9,11-12H2,2H3/t17-/m0/s1. The maximum absolute atomic E-state index is 11.9. The highest BCUT2D eigenvalue weighted by atomic mass is 16.3. The Balaban J connectivity index is 2.21. The molecule has 6 nitrogen and oxygen atoms in total. The monoisotopic (exact) mass is 312 g/mol. The fourth-order valence-electron chi connectivity index (χ4n) is 2.36. The maximum atomic E-state index is 11.9. The van der Waals surface area contributed by atoms with Crippen LogP contribution in [0.2, 0.25) is 0 Å². The Morgan fingerprint density at radius 3 is 3.00 bits per heavy atom. The molecule has 0 bridgehead atoms. The van der Waals surface area contributed by atoms with Gasteiger partial charge in [0.1, 0.15) is 0 Å². The molecule has 0 radical (unpaired) electrons. The molecule has 1 heterocycles. The van der Waals surface area contributed by atoms with Gasteiger partial charge in [0.2, 0.25) is 5.60 Å². The van der Waals surface area contributed by atoms with Gasteiger partial charge in [0.05, 0.1) is 5.69 Å². The van der Waals surface area contributed by atoms with Crippen molar-refractivity contribution in [2.24, 2.45) is 5.10 Å². The number of hydrogen-bond donors (Lipinski definition) is 2. The van der Waals surface area contributed by atoms with Crippen LogP contribution in [0.15, 0.2) is 29.4 Å². The Labute approximate surface area is 135 Å². The molecule has 0 aromatic heterocycles. The number of likely N-dealkylation sites (tertiary alicyclic amines) is 1. The Kier molecular flexibility index (Phi) is 5.14. The molecule has 1 atom stereocenters. The van der Waals surface area contributed by atoms with Crippen molar-refractivity contribution in [1.29, 1.82) is 5.41 Å². The molecule has 0 unspecified atom stereocenters. The summed E-state index contributed by atoms with van der Waals surface area (Å²) in [5, 5.41) is 23.0. The number of carbonyl (C=O) groups excluding carboxylic acids is 1. The summed E-state index contributed by atoms with van der Waals surface area (Å²) in [5.41, 5.74) is -0.112. The number of nitrogens with zero attached hydrogens (tertiary/aromatic N) is 3. The molecule has 1 fully saturated rings. The smallest absolute Gasteiger partial charge is 0.267 e. The highest BCUT2D eigenvalue weighted by molar-refractivity contribution is 5.90. The molecule has 6 heteroatoms. The van der Waals surface area contributed by atoms with E-state index in [2.05, 4.69) is 23.7 Å². The van der Waals surface area contributed by atoms with Crippen LogP contribution >= 0.6 is 0 Å². The number of aliphatic hydroxyl groups is 1. The summed E-state index contributed by atoms with van der Waals surface area (Å²) in [7, 11) is 1.65. The molecule has 2 rings (SSSR count). The first-order chi connectivity index (χ1) is 11.0. The summed E-state index contributed by atoms with van der Waals surface area (Å²) in [6.45, 7) is 4.59. The minimum absolute atomic E-state index is 0.314. The third-order valence-corrected chi connectivity index (χ3v) is 3.72. The number of nitrogens with one attached hydrogen (secondary N) is 1. The molecule has 2 N–H and O–H groups in total. The van der Waals surface area contributed by atoms with E-state index in [1.54, 1.807) is 18.1 Å². The molecule has 1 aliphatic rings. The zero-order chi connectivity index (χ0) is 16.9. The lowest BCUT2D eigenvalue weighted by molar-refractivity contribution is -0.137. The van der Waals surface area contributed by atoms with Gasteiger partial charge in [-0.1, -0.05) is 17.9 Å². The van der Waals surface area contributed by atoms with Crippen molar-refractivity contribution in [2.75, 3.05) is 25.1 Å². The lowest BCUT2D eigenvalue weighted by Crippen LogP contribution is -2.37. The maximum Gasteiger partial charge on any atom is 0.267 e. The van der Waals surface area contributed by atoms with Gasteiger partial charge in [-0.3, -0.25) is 9.80 Å². The van der Waals surface area contributed by atoms with Crippen LogP contribution < -0.4 is 5.01 Å². The third-order valence-electron chi connectivity index (χ3n) is 3.72. The number of benzene rings is 1. The Morgan fingerprint density at radius 2 is 2.39 bits per heavy atom. The fraction of sp³-hybridized carbons (Fsp3) is 0.353. The topological polar surface area (TPSA) is 80.0 Å². The molecular weight excluding hydrogens is 292 g/mol. The number of anilines is 1. The second kappa shape index (κ2) is 7.07. The van der Waals surface area contributed by atoms with Crippen molar-refractivity contribution >= 4 is 24.5 Å². The predicted molar refractivity (Wildman–Crippen MR) is 90.8 cm³/mol. The van der Waals surface area contributed by atoms with E-state index in [4.69, 9.17) is 5.41 Å². The molecule has 0 saturated carbocycles. The molecule has 1 aromatic rings. The van der Waals surface area contributed by atoms with Gasteiger partial charge < -0.3 is 15.4 Å². The van der Waals surface area contributed by atoms with Gasteiger partial charge in [-0.2, -0.15) is 5.10 Å². The average molecular weight is 312 g/mol. The molecule has 1 aliphatic heterocycles. The van der Waals surface area contributed by atoms with Crippen LogP contribution in [0.4, 0.5) is 5.69 Å². The van der Waals surface area contributed by atoms with Gasteiger partial charge in [-0.15, -0.1) is 0 Å². The third kappa shape index (κ3) is 3.76. The van der Waals surface area contributed by atoms with E-state index in [1.165, 1.54) is 11.1 Å². The second-order valence-electron chi connectivity index (χ2n) is 5.39. The van der Waals surface area contributed by atoms with Crippen LogP contribution in [-0.4, -0.2) is 54.6 Å². The molecular formula is C17H20N4O2. The van der Waals surface area contributed by atoms with Crippen molar-refractivity contribution in [2.45, 2.75) is 18.4 Å². The largest absolute Gasteiger partial charge is 0.369 e. The van der Waals surface area contributed by atoms with Crippen LogP contribution in [0, 0.1) is 17.3 Å². The molecule has 23 heavy (non-hydrogen) atoms. The van der Waals surface area contributed by atoms with Crippen molar-refractivity contribution in [3.8, 4) is 11.8 Å². The summed E-state index contributed by atoms with van der Waals surface area (Å²) >= 11 is 0. The number of hydrazone groups is 1. The number of amides is 1. The van der Waals surface area contributed by atoms with Gasteiger partial charge in [-0.25, -0.2) is 0 Å². The Hall–Kier alpha value is -2.65. The lowest BCUT2D eigenvalue weighted by Gasteiger charge is -2.17. The number of rotatable bonds is 5. The molecule has 120 valence electrons. The Bertz CT molecular complexity index is 677. The molecule has 1 saturated heterocycles. The summed E-state index contributed by atoms with van der Waals surface area (Å²) in [5.74, 6) is 5.21. The second-order valence-corrected chi connectivity index (χ2v) is 5.39. The van der Waals surface area contributed by atoms with Crippen molar-refractivity contribution in [3.63, 3.8) is 0 Å². The lowest BCUT2D eigenvalue weighted by atomic mass is 10.0. The zero-order valence-corrected chi connectivity index (χ0v) is 13.1. The van der Waals surface area contributed by atoms with E-state index in [0.717, 1.165) is 5.69 Å². The minimum atomic E-state index is -1.60. The highest BCUT2D eigenvalue weighted by Crippen LogP contribution is 2.21. The zero-order valence-electron chi connectivity index (χ0n) is 13.1. The normalized spacial score (nSPS) is 19.9. The summed E-state index contributed by atoms with van der Waals surface area (Å²) in [6, 6.07) is 7.32. The predicted octanol–water partition coefficient (Wildman–Crippen LogP) is 1.09. The van der Waals surface area contributed by atoms with Gasteiger partial charge in [0.15, 0.2) is 0 Å². The average Bonchev–Trinajstić information content (AvgIpc) is 2.82. The fourth-order valence-corrected chi connectivity index (χ4v) is 2.36. The van der Waals surface area contributed by atoms with Crippen molar-refractivity contribution in [1.82, 2.24) is 4.90 Å². The quantitative estimate of drug-likeness (QED) is 0.485. The summed E-state index contributed by atoms with van der Waals surface area (Å²) in [6.07, 6.45) is 2.20. The van der Waals surface area contributed by atoms with E-state index < -0.39 is 5.60 Å². The van der Waals surface area contributed by atoms with Gasteiger partial charge in [-0.05, 0) is 24.4 Å². The SMILES string of the molecule is C=NN(CCC=N)c1cccc(C#C[C@]2(O)CCN(C)C2=O)c1. The van der Waals surface area contributed by atoms with Crippen LogP contribution in [-0.2, 0) is 4.79 Å².